The van der Waals surface area contributed by atoms with Crippen molar-refractivity contribution in [2.75, 3.05) is 17.6 Å². The number of unbranched alkanes of at least 4 members (excludes halogenated alkanes) is 1. The lowest BCUT2D eigenvalue weighted by molar-refractivity contribution is -0.135. The maximum Gasteiger partial charge on any atom is 0.389 e. The number of carbonyl (C=O) groups excluding carboxylic acids is 1. The molecule has 1 aromatic carbocycles. The van der Waals surface area contributed by atoms with Crippen LogP contribution in [0.25, 0.3) is 0 Å². The van der Waals surface area contributed by atoms with Crippen molar-refractivity contribution in [1.29, 1.82) is 0 Å². The first-order chi connectivity index (χ1) is 8.79. The molecule has 0 radical (unpaired) electrons. The van der Waals surface area contributed by atoms with E-state index in [1.165, 1.54) is 12.1 Å². The number of hydrogen-bond acceptors (Lipinski definition) is 3. The van der Waals surface area contributed by atoms with Gasteiger partial charge in [-0.1, -0.05) is 0 Å². The van der Waals surface area contributed by atoms with Crippen molar-refractivity contribution in [2.24, 2.45) is 5.73 Å². The molecule has 1 rings (SSSR count). The summed E-state index contributed by atoms with van der Waals surface area (Å²) >= 11 is 0. The number of nitrogens with two attached hydrogens (primary N) is 2. The van der Waals surface area contributed by atoms with Gasteiger partial charge in [-0.2, -0.15) is 13.2 Å². The molecule has 0 spiro atoms. The van der Waals surface area contributed by atoms with E-state index in [0.29, 0.717) is 29.9 Å². The topological polar surface area (TPSA) is 81.1 Å². The number of amides is 1. The van der Waals surface area contributed by atoms with Crippen LogP contribution in [0.15, 0.2) is 18.2 Å². The molecule has 4 nitrogen and oxygen atoms in total. The molecular formula is C12H16F3N3O. The zero-order valence-corrected chi connectivity index (χ0v) is 10.3. The molecule has 0 aromatic heterocycles. The van der Waals surface area contributed by atoms with E-state index in [1.54, 1.807) is 6.07 Å². The second kappa shape index (κ2) is 6.31. The van der Waals surface area contributed by atoms with Gasteiger partial charge >= 0.3 is 6.18 Å². The Morgan fingerprint density at radius 1 is 1.26 bits per heavy atom. The van der Waals surface area contributed by atoms with E-state index in [1.807, 2.05) is 0 Å². The van der Waals surface area contributed by atoms with Gasteiger partial charge in [0, 0.05) is 18.5 Å². The number of hydrogen-bond donors (Lipinski definition) is 3. The summed E-state index contributed by atoms with van der Waals surface area (Å²) in [5.41, 5.74) is 12.0. The third-order valence-corrected chi connectivity index (χ3v) is 2.54. The van der Waals surface area contributed by atoms with E-state index < -0.39 is 18.5 Å². The number of nitrogens with one attached hydrogen (secondary N) is 1. The van der Waals surface area contributed by atoms with E-state index in [2.05, 4.69) is 5.32 Å². The van der Waals surface area contributed by atoms with Crippen molar-refractivity contribution in [3.8, 4) is 0 Å². The molecule has 0 aliphatic carbocycles. The maximum atomic E-state index is 11.9. The van der Waals surface area contributed by atoms with Crippen LogP contribution in [0.5, 0.6) is 0 Å². The van der Waals surface area contributed by atoms with E-state index >= 15 is 0 Å². The number of anilines is 2. The third kappa shape index (κ3) is 5.50. The van der Waals surface area contributed by atoms with Crippen LogP contribution in [0.1, 0.15) is 29.6 Å². The van der Waals surface area contributed by atoms with Crippen molar-refractivity contribution < 1.29 is 18.0 Å². The first-order valence-electron chi connectivity index (χ1n) is 5.79. The molecule has 5 N–H and O–H groups in total. The number of nitrogen functional groups attached to an aromatic ring is 1. The molecule has 1 amide bonds. The molecule has 0 saturated heterocycles. The van der Waals surface area contributed by atoms with Crippen LogP contribution in [0.4, 0.5) is 24.5 Å². The number of benzene rings is 1. The Morgan fingerprint density at radius 3 is 2.47 bits per heavy atom. The van der Waals surface area contributed by atoms with Gasteiger partial charge in [-0.25, -0.2) is 0 Å². The summed E-state index contributed by atoms with van der Waals surface area (Å²) < 4.78 is 35.7. The fraction of sp³-hybridized carbons (Fsp3) is 0.417. The highest BCUT2D eigenvalue weighted by atomic mass is 19.4. The highest BCUT2D eigenvalue weighted by molar-refractivity contribution is 5.94. The molecule has 7 heteroatoms. The van der Waals surface area contributed by atoms with Crippen molar-refractivity contribution in [3.05, 3.63) is 23.8 Å². The zero-order chi connectivity index (χ0) is 14.5. The fourth-order valence-corrected chi connectivity index (χ4v) is 1.55. The number of alkyl halides is 3. The molecule has 19 heavy (non-hydrogen) atoms. The number of halogens is 3. The minimum absolute atomic E-state index is 0.0653. The first kappa shape index (κ1) is 15.1. The van der Waals surface area contributed by atoms with Gasteiger partial charge < -0.3 is 16.8 Å². The molecule has 0 bridgehead atoms. The van der Waals surface area contributed by atoms with Crippen LogP contribution in [0.2, 0.25) is 0 Å². The smallest absolute Gasteiger partial charge is 0.389 e. The third-order valence-electron chi connectivity index (χ3n) is 2.54. The lowest BCUT2D eigenvalue weighted by Gasteiger charge is -2.10. The summed E-state index contributed by atoms with van der Waals surface area (Å²) in [6.07, 6.45) is -4.45. The average Bonchev–Trinajstić information content (AvgIpc) is 2.28. The van der Waals surface area contributed by atoms with Gasteiger partial charge in [0.15, 0.2) is 0 Å². The Morgan fingerprint density at radius 2 is 1.95 bits per heavy atom. The molecular weight excluding hydrogens is 259 g/mol. The molecule has 0 aliphatic heterocycles. The van der Waals surface area contributed by atoms with Gasteiger partial charge in [-0.15, -0.1) is 0 Å². The molecule has 1 aromatic rings. The Bertz CT molecular complexity index is 446. The quantitative estimate of drug-likeness (QED) is 0.551. The largest absolute Gasteiger partial charge is 0.397 e. The molecule has 106 valence electrons. The summed E-state index contributed by atoms with van der Waals surface area (Å²) in [6, 6.07) is 4.52. The Kier molecular flexibility index (Phi) is 5.02. The fourth-order valence-electron chi connectivity index (χ4n) is 1.55. The van der Waals surface area contributed by atoms with Gasteiger partial charge in [-0.3, -0.25) is 4.79 Å². The summed E-state index contributed by atoms with van der Waals surface area (Å²) in [6.45, 7) is 0.385. The molecule has 0 heterocycles. The Hall–Kier alpha value is -1.92. The molecule has 0 atom stereocenters. The highest BCUT2D eigenvalue weighted by Gasteiger charge is 2.25. The number of carbonyl (C=O) groups is 1. The summed E-state index contributed by atoms with van der Waals surface area (Å²) in [7, 11) is 0. The van der Waals surface area contributed by atoms with Crippen molar-refractivity contribution in [2.45, 2.75) is 25.4 Å². The van der Waals surface area contributed by atoms with Gasteiger partial charge in [0.1, 0.15) is 0 Å². The minimum Gasteiger partial charge on any atom is -0.397 e. The van der Waals surface area contributed by atoms with Crippen LogP contribution < -0.4 is 16.8 Å². The van der Waals surface area contributed by atoms with Crippen LogP contribution in [0, 0.1) is 0 Å². The standard InChI is InChI=1S/C12H16F3N3O/c13-12(14,15)5-1-2-6-18-10-4-3-8(11(17)19)7-9(10)16/h3-4,7,18H,1-2,5-6,16H2,(H2,17,19). The molecule has 0 fully saturated rings. The lowest BCUT2D eigenvalue weighted by Crippen LogP contribution is -2.12. The maximum absolute atomic E-state index is 11.9. The van der Waals surface area contributed by atoms with Gasteiger partial charge in [0.2, 0.25) is 5.91 Å². The Balaban J connectivity index is 2.40. The number of primary amides is 1. The molecule has 0 aliphatic rings. The number of rotatable bonds is 6. The monoisotopic (exact) mass is 275 g/mol. The van der Waals surface area contributed by atoms with Crippen LogP contribution in [-0.4, -0.2) is 18.6 Å². The van der Waals surface area contributed by atoms with Gasteiger partial charge in [-0.05, 0) is 31.0 Å². The second-order valence-corrected chi connectivity index (χ2v) is 4.17. The van der Waals surface area contributed by atoms with Gasteiger partial charge in [0.25, 0.3) is 0 Å². The van der Waals surface area contributed by atoms with Crippen molar-refractivity contribution in [1.82, 2.24) is 0 Å². The lowest BCUT2D eigenvalue weighted by atomic mass is 10.1. The average molecular weight is 275 g/mol. The summed E-state index contributed by atoms with van der Waals surface area (Å²) in [4.78, 5) is 10.9. The molecule has 0 unspecified atom stereocenters. The summed E-state index contributed by atoms with van der Waals surface area (Å²) in [5.74, 6) is -0.580. The second-order valence-electron chi connectivity index (χ2n) is 4.17. The highest BCUT2D eigenvalue weighted by Crippen LogP contribution is 2.23. The molecule has 0 saturated carbocycles. The predicted molar refractivity (Wildman–Crippen MR) is 67.8 cm³/mol. The van der Waals surface area contributed by atoms with Crippen molar-refractivity contribution >= 4 is 17.3 Å². The van der Waals surface area contributed by atoms with Crippen LogP contribution >= 0.6 is 0 Å². The zero-order valence-electron chi connectivity index (χ0n) is 10.3. The Labute approximate surface area is 109 Å². The van der Waals surface area contributed by atoms with E-state index in [-0.39, 0.29) is 6.42 Å². The van der Waals surface area contributed by atoms with E-state index in [9.17, 15) is 18.0 Å². The predicted octanol–water partition coefficient (Wildman–Crippen LogP) is 2.51. The summed E-state index contributed by atoms with van der Waals surface area (Å²) in [5, 5.41) is 2.92. The SMILES string of the molecule is NC(=O)c1ccc(NCCCCC(F)(F)F)c(N)c1. The van der Waals surface area contributed by atoms with Crippen molar-refractivity contribution in [3.63, 3.8) is 0 Å². The van der Waals surface area contributed by atoms with Crippen LogP contribution in [0.3, 0.4) is 0 Å². The minimum atomic E-state index is -4.11. The van der Waals surface area contributed by atoms with E-state index in [0.717, 1.165) is 0 Å². The van der Waals surface area contributed by atoms with Crippen LogP contribution in [-0.2, 0) is 0 Å². The van der Waals surface area contributed by atoms with E-state index in [4.69, 9.17) is 11.5 Å². The first-order valence-corrected chi connectivity index (χ1v) is 5.79. The normalized spacial score (nSPS) is 11.3. The van der Waals surface area contributed by atoms with Gasteiger partial charge in [0.05, 0.1) is 11.4 Å².